The third-order valence-corrected chi connectivity index (χ3v) is 3.08. The van der Waals surface area contributed by atoms with Gasteiger partial charge in [0.1, 0.15) is 0 Å². The van der Waals surface area contributed by atoms with Gasteiger partial charge in [0, 0.05) is 10.7 Å². The minimum absolute atomic E-state index is 0.519. The van der Waals surface area contributed by atoms with Crippen LogP contribution in [0, 0.1) is 0 Å². The Morgan fingerprint density at radius 3 is 2.73 bits per heavy atom. The van der Waals surface area contributed by atoms with Crippen LogP contribution >= 0.6 is 31.9 Å². The molecule has 5 heteroatoms. The molecule has 3 nitrogen and oxygen atoms in total. The number of hydrogen-bond donors (Lipinski definition) is 1. The van der Waals surface area contributed by atoms with E-state index in [0.29, 0.717) is 5.82 Å². The molecule has 0 aliphatic carbocycles. The summed E-state index contributed by atoms with van der Waals surface area (Å²) in [6.07, 6.45) is 1.87. The highest BCUT2D eigenvalue weighted by Gasteiger charge is 2.02. The smallest absolute Gasteiger partial charge is 0.159 e. The molecule has 2 N–H and O–H groups in total. The summed E-state index contributed by atoms with van der Waals surface area (Å²) in [5.41, 5.74) is 6.82. The summed E-state index contributed by atoms with van der Waals surface area (Å²) < 4.78 is 3.71. The van der Waals surface area contributed by atoms with Crippen molar-refractivity contribution in [1.29, 1.82) is 0 Å². The standard InChI is InChI=1S/C10H9Br2N3/c11-8-3-1-2-7(4-8)5-15-6-9(12)10(13)14-15/h1-4,6H,5H2,(H2,13,14). The molecule has 0 fully saturated rings. The summed E-state index contributed by atoms with van der Waals surface area (Å²) in [4.78, 5) is 0. The summed E-state index contributed by atoms with van der Waals surface area (Å²) >= 11 is 6.76. The average molecular weight is 331 g/mol. The van der Waals surface area contributed by atoms with Crippen molar-refractivity contribution in [2.24, 2.45) is 0 Å². The minimum atomic E-state index is 0.519. The molecule has 2 aromatic rings. The van der Waals surface area contributed by atoms with Gasteiger partial charge in [0.25, 0.3) is 0 Å². The zero-order valence-electron chi connectivity index (χ0n) is 7.82. The molecule has 15 heavy (non-hydrogen) atoms. The highest BCUT2D eigenvalue weighted by Crippen LogP contribution is 2.18. The largest absolute Gasteiger partial charge is 0.381 e. The monoisotopic (exact) mass is 329 g/mol. The maximum atomic E-state index is 5.64. The quantitative estimate of drug-likeness (QED) is 0.919. The van der Waals surface area contributed by atoms with E-state index in [2.05, 4.69) is 49.1 Å². The van der Waals surface area contributed by atoms with Gasteiger partial charge >= 0.3 is 0 Å². The summed E-state index contributed by atoms with van der Waals surface area (Å²) in [6, 6.07) is 8.11. The lowest BCUT2D eigenvalue weighted by atomic mass is 10.2. The number of benzene rings is 1. The first-order chi connectivity index (χ1) is 7.15. The lowest BCUT2D eigenvalue weighted by Crippen LogP contribution is -2.00. The number of halogens is 2. The highest BCUT2D eigenvalue weighted by molar-refractivity contribution is 9.10. The Hall–Kier alpha value is -0.810. The van der Waals surface area contributed by atoms with Crippen LogP contribution in [0.15, 0.2) is 39.4 Å². The molecule has 2 rings (SSSR count). The summed E-state index contributed by atoms with van der Waals surface area (Å²) in [5.74, 6) is 0.519. The molecule has 0 atom stereocenters. The SMILES string of the molecule is Nc1nn(Cc2cccc(Br)c2)cc1Br. The Morgan fingerprint density at radius 1 is 1.33 bits per heavy atom. The van der Waals surface area contributed by atoms with E-state index in [1.807, 2.05) is 18.3 Å². The Kier molecular flexibility index (Phi) is 3.11. The highest BCUT2D eigenvalue weighted by atomic mass is 79.9. The van der Waals surface area contributed by atoms with E-state index in [9.17, 15) is 0 Å². The van der Waals surface area contributed by atoms with Crippen molar-refractivity contribution in [2.45, 2.75) is 6.54 Å². The van der Waals surface area contributed by atoms with E-state index in [4.69, 9.17) is 5.73 Å². The first-order valence-corrected chi connectivity index (χ1v) is 5.96. The second-order valence-corrected chi connectivity index (χ2v) is 4.96. The van der Waals surface area contributed by atoms with Crippen LogP contribution in [0.2, 0.25) is 0 Å². The molecular weight excluding hydrogens is 322 g/mol. The maximum absolute atomic E-state index is 5.64. The number of anilines is 1. The fourth-order valence-corrected chi connectivity index (χ4v) is 2.08. The van der Waals surface area contributed by atoms with E-state index in [0.717, 1.165) is 15.5 Å². The van der Waals surface area contributed by atoms with Crippen LogP contribution in [-0.2, 0) is 6.54 Å². The summed E-state index contributed by atoms with van der Waals surface area (Å²) in [7, 11) is 0. The second kappa shape index (κ2) is 4.37. The predicted molar refractivity (Wildman–Crippen MR) is 67.6 cm³/mol. The van der Waals surface area contributed by atoms with Gasteiger partial charge in [-0.05, 0) is 33.6 Å². The van der Waals surface area contributed by atoms with Crippen LogP contribution in [0.5, 0.6) is 0 Å². The van der Waals surface area contributed by atoms with Crippen molar-refractivity contribution in [3.8, 4) is 0 Å². The van der Waals surface area contributed by atoms with Gasteiger partial charge in [0.2, 0.25) is 0 Å². The minimum Gasteiger partial charge on any atom is -0.381 e. The third-order valence-electron chi connectivity index (χ3n) is 1.98. The van der Waals surface area contributed by atoms with Gasteiger partial charge in [-0.1, -0.05) is 28.1 Å². The van der Waals surface area contributed by atoms with Gasteiger partial charge in [0.05, 0.1) is 11.0 Å². The lowest BCUT2D eigenvalue weighted by Gasteiger charge is -2.01. The Labute approximate surface area is 105 Å². The Bertz CT molecular complexity index is 460. The molecule has 0 unspecified atom stereocenters. The van der Waals surface area contributed by atoms with E-state index in [1.54, 1.807) is 4.68 Å². The van der Waals surface area contributed by atoms with Gasteiger partial charge in [-0.2, -0.15) is 5.10 Å². The Balaban J connectivity index is 2.22. The van der Waals surface area contributed by atoms with E-state index < -0.39 is 0 Å². The zero-order chi connectivity index (χ0) is 10.8. The normalized spacial score (nSPS) is 10.5. The molecule has 1 aromatic heterocycles. The van der Waals surface area contributed by atoms with E-state index >= 15 is 0 Å². The Morgan fingerprint density at radius 2 is 2.13 bits per heavy atom. The molecular formula is C10H9Br2N3. The van der Waals surface area contributed by atoms with Crippen LogP contribution in [-0.4, -0.2) is 9.78 Å². The van der Waals surface area contributed by atoms with Crippen molar-refractivity contribution in [2.75, 3.05) is 5.73 Å². The van der Waals surface area contributed by atoms with Gasteiger partial charge in [0.15, 0.2) is 5.82 Å². The number of aromatic nitrogens is 2. The predicted octanol–water partition coefficient (Wildman–Crippen LogP) is 3.04. The van der Waals surface area contributed by atoms with Crippen molar-refractivity contribution in [3.63, 3.8) is 0 Å². The number of hydrogen-bond acceptors (Lipinski definition) is 2. The summed E-state index contributed by atoms with van der Waals surface area (Å²) in [5, 5.41) is 4.17. The van der Waals surface area contributed by atoms with Crippen LogP contribution in [0.4, 0.5) is 5.82 Å². The zero-order valence-corrected chi connectivity index (χ0v) is 11.0. The lowest BCUT2D eigenvalue weighted by molar-refractivity contribution is 0.689. The number of nitrogen functional groups attached to an aromatic ring is 1. The molecule has 78 valence electrons. The molecule has 0 radical (unpaired) electrons. The topological polar surface area (TPSA) is 43.8 Å². The number of rotatable bonds is 2. The molecule has 1 aromatic carbocycles. The van der Waals surface area contributed by atoms with Crippen LogP contribution in [0.25, 0.3) is 0 Å². The van der Waals surface area contributed by atoms with Crippen molar-refractivity contribution < 1.29 is 0 Å². The molecule has 0 saturated heterocycles. The number of nitrogens with zero attached hydrogens (tertiary/aromatic N) is 2. The van der Waals surface area contributed by atoms with Crippen LogP contribution in [0.1, 0.15) is 5.56 Å². The van der Waals surface area contributed by atoms with Crippen molar-refractivity contribution >= 4 is 37.7 Å². The second-order valence-electron chi connectivity index (χ2n) is 3.19. The van der Waals surface area contributed by atoms with E-state index in [-0.39, 0.29) is 0 Å². The molecule has 0 bridgehead atoms. The first-order valence-electron chi connectivity index (χ1n) is 4.38. The molecule has 0 saturated carbocycles. The van der Waals surface area contributed by atoms with Gasteiger partial charge in [-0.3, -0.25) is 4.68 Å². The molecule has 0 amide bonds. The third kappa shape index (κ3) is 2.60. The van der Waals surface area contributed by atoms with Gasteiger partial charge < -0.3 is 5.73 Å². The van der Waals surface area contributed by atoms with E-state index in [1.165, 1.54) is 5.56 Å². The van der Waals surface area contributed by atoms with Gasteiger partial charge in [-0.25, -0.2) is 0 Å². The average Bonchev–Trinajstić information content (AvgIpc) is 2.45. The van der Waals surface area contributed by atoms with Crippen molar-refractivity contribution in [3.05, 3.63) is 45.0 Å². The number of nitrogens with two attached hydrogens (primary N) is 1. The fourth-order valence-electron chi connectivity index (χ4n) is 1.32. The van der Waals surface area contributed by atoms with Crippen LogP contribution in [0.3, 0.4) is 0 Å². The van der Waals surface area contributed by atoms with Crippen LogP contribution < -0.4 is 5.73 Å². The first kappa shape index (κ1) is 10.7. The van der Waals surface area contributed by atoms with Crippen molar-refractivity contribution in [1.82, 2.24) is 9.78 Å². The maximum Gasteiger partial charge on any atom is 0.159 e. The molecule has 1 heterocycles. The van der Waals surface area contributed by atoms with Gasteiger partial charge in [-0.15, -0.1) is 0 Å². The summed E-state index contributed by atoms with van der Waals surface area (Å²) in [6.45, 7) is 0.717. The molecule has 0 aliphatic heterocycles. The molecule has 0 spiro atoms. The fraction of sp³-hybridized carbons (Fsp3) is 0.100. The molecule has 0 aliphatic rings.